The zero-order chi connectivity index (χ0) is 16.7. The molecular formula is C20H17N3O. The summed E-state index contributed by atoms with van der Waals surface area (Å²) < 4.78 is 0. The van der Waals surface area contributed by atoms with Crippen molar-refractivity contribution in [3.8, 4) is 22.6 Å². The Hall–Kier alpha value is -3.14. The maximum absolute atomic E-state index is 10.5. The van der Waals surface area contributed by atoms with E-state index in [0.717, 1.165) is 33.3 Å². The number of fused-ring (bicyclic) bond motifs is 1. The third-order valence-electron chi connectivity index (χ3n) is 4.27. The van der Waals surface area contributed by atoms with Gasteiger partial charge in [-0.05, 0) is 54.3 Å². The van der Waals surface area contributed by atoms with E-state index in [9.17, 15) is 5.11 Å². The minimum atomic E-state index is 0.185. The van der Waals surface area contributed by atoms with Crippen LogP contribution in [-0.2, 0) is 0 Å². The maximum Gasteiger partial charge on any atom is 0.143 e. The molecule has 4 aromatic rings. The number of phenols is 1. The third-order valence-corrected chi connectivity index (χ3v) is 4.27. The second-order valence-electron chi connectivity index (χ2n) is 5.91. The fraction of sp³-hybridized carbons (Fsp3) is 0.100. The molecule has 0 fully saturated rings. The van der Waals surface area contributed by atoms with Gasteiger partial charge in [-0.25, -0.2) is 0 Å². The molecule has 0 saturated carbocycles. The highest BCUT2D eigenvalue weighted by Crippen LogP contribution is 2.36. The van der Waals surface area contributed by atoms with Crippen molar-refractivity contribution in [2.45, 2.75) is 13.8 Å². The molecule has 1 aromatic heterocycles. The molecule has 24 heavy (non-hydrogen) atoms. The quantitative estimate of drug-likeness (QED) is 0.596. The fourth-order valence-corrected chi connectivity index (χ4v) is 3.21. The van der Waals surface area contributed by atoms with E-state index in [1.165, 1.54) is 4.80 Å². The van der Waals surface area contributed by atoms with E-state index >= 15 is 0 Å². The number of phenolic OH excluding ortho intramolecular Hbond substituents is 1. The van der Waals surface area contributed by atoms with Gasteiger partial charge in [0.05, 0.1) is 0 Å². The van der Waals surface area contributed by atoms with E-state index in [0.29, 0.717) is 5.69 Å². The SMILES string of the molecule is Cc1cc(O)c(-n2nc3ccccc3n2)c(C)c1-c1ccccc1. The lowest BCUT2D eigenvalue weighted by Crippen LogP contribution is -2.04. The second-order valence-corrected chi connectivity index (χ2v) is 5.91. The van der Waals surface area contributed by atoms with Crippen LogP contribution in [0.2, 0.25) is 0 Å². The van der Waals surface area contributed by atoms with Crippen molar-refractivity contribution in [3.05, 3.63) is 71.8 Å². The first-order valence-electron chi connectivity index (χ1n) is 7.86. The molecule has 0 aliphatic carbocycles. The van der Waals surface area contributed by atoms with Crippen LogP contribution in [0, 0.1) is 13.8 Å². The number of hydrogen-bond acceptors (Lipinski definition) is 3. The summed E-state index contributed by atoms with van der Waals surface area (Å²) in [6.07, 6.45) is 0. The molecular weight excluding hydrogens is 298 g/mol. The molecule has 0 aliphatic heterocycles. The molecule has 3 aromatic carbocycles. The molecule has 4 rings (SSSR count). The van der Waals surface area contributed by atoms with Crippen LogP contribution in [0.15, 0.2) is 60.7 Å². The number of aryl methyl sites for hydroxylation is 1. The largest absolute Gasteiger partial charge is 0.506 e. The number of benzene rings is 3. The van der Waals surface area contributed by atoms with E-state index in [1.807, 2.05) is 56.3 Å². The van der Waals surface area contributed by atoms with Crippen LogP contribution in [0.1, 0.15) is 11.1 Å². The van der Waals surface area contributed by atoms with Crippen LogP contribution in [0.3, 0.4) is 0 Å². The van der Waals surface area contributed by atoms with Crippen molar-refractivity contribution in [3.63, 3.8) is 0 Å². The Morgan fingerprint density at radius 3 is 2.04 bits per heavy atom. The van der Waals surface area contributed by atoms with Crippen molar-refractivity contribution >= 4 is 11.0 Å². The Labute approximate surface area is 140 Å². The Bertz CT molecular complexity index is 1000. The highest BCUT2D eigenvalue weighted by Gasteiger charge is 2.17. The average Bonchev–Trinajstić information content (AvgIpc) is 2.98. The first kappa shape index (κ1) is 14.5. The van der Waals surface area contributed by atoms with Crippen LogP contribution in [0.4, 0.5) is 0 Å². The smallest absolute Gasteiger partial charge is 0.143 e. The van der Waals surface area contributed by atoms with Crippen LogP contribution in [-0.4, -0.2) is 20.1 Å². The van der Waals surface area contributed by atoms with Gasteiger partial charge in [-0.3, -0.25) is 0 Å². The fourth-order valence-electron chi connectivity index (χ4n) is 3.21. The summed E-state index contributed by atoms with van der Waals surface area (Å²) in [5.74, 6) is 0.185. The Morgan fingerprint density at radius 2 is 1.42 bits per heavy atom. The van der Waals surface area contributed by atoms with E-state index < -0.39 is 0 Å². The van der Waals surface area contributed by atoms with Crippen molar-refractivity contribution in [2.24, 2.45) is 0 Å². The standard InChI is InChI=1S/C20H17N3O/c1-13-12-18(24)20(14(2)19(13)15-8-4-3-5-9-15)23-21-16-10-6-7-11-17(16)22-23/h3-12,24H,1-2H3. The van der Waals surface area contributed by atoms with Gasteiger partial charge in [0.25, 0.3) is 0 Å². The molecule has 1 N–H and O–H groups in total. The molecule has 4 nitrogen and oxygen atoms in total. The van der Waals surface area contributed by atoms with Gasteiger partial charge in [0.15, 0.2) is 0 Å². The zero-order valence-electron chi connectivity index (χ0n) is 13.6. The van der Waals surface area contributed by atoms with Gasteiger partial charge < -0.3 is 5.11 Å². The lowest BCUT2D eigenvalue weighted by molar-refractivity contribution is 0.467. The van der Waals surface area contributed by atoms with Gasteiger partial charge in [-0.1, -0.05) is 42.5 Å². The first-order chi connectivity index (χ1) is 11.6. The normalized spacial score (nSPS) is 11.1. The lowest BCUT2D eigenvalue weighted by Gasteiger charge is -2.15. The minimum absolute atomic E-state index is 0.185. The number of hydrogen-bond donors (Lipinski definition) is 1. The van der Waals surface area contributed by atoms with E-state index in [4.69, 9.17) is 0 Å². The number of aromatic nitrogens is 3. The van der Waals surface area contributed by atoms with Crippen molar-refractivity contribution in [1.82, 2.24) is 15.0 Å². The topological polar surface area (TPSA) is 50.9 Å². The highest BCUT2D eigenvalue weighted by atomic mass is 16.3. The molecule has 4 heteroatoms. The monoisotopic (exact) mass is 315 g/mol. The van der Waals surface area contributed by atoms with Crippen LogP contribution in [0.25, 0.3) is 27.8 Å². The predicted octanol–water partition coefficient (Wildman–Crippen LogP) is 4.41. The van der Waals surface area contributed by atoms with Gasteiger partial charge in [-0.15, -0.1) is 15.0 Å². The third kappa shape index (κ3) is 2.24. The average molecular weight is 315 g/mol. The van der Waals surface area contributed by atoms with Crippen molar-refractivity contribution in [1.29, 1.82) is 0 Å². The molecule has 0 bridgehead atoms. The first-order valence-corrected chi connectivity index (χ1v) is 7.86. The summed E-state index contributed by atoms with van der Waals surface area (Å²) in [4.78, 5) is 1.53. The second kappa shape index (κ2) is 5.49. The van der Waals surface area contributed by atoms with Crippen LogP contribution < -0.4 is 0 Å². The Kier molecular flexibility index (Phi) is 3.31. The van der Waals surface area contributed by atoms with Crippen LogP contribution >= 0.6 is 0 Å². The summed E-state index contributed by atoms with van der Waals surface area (Å²) in [5.41, 5.74) is 6.43. The molecule has 118 valence electrons. The highest BCUT2D eigenvalue weighted by molar-refractivity contribution is 5.78. The number of aromatic hydroxyl groups is 1. The number of nitrogens with zero attached hydrogens (tertiary/aromatic N) is 3. The van der Waals surface area contributed by atoms with Gasteiger partial charge in [0, 0.05) is 0 Å². The molecule has 0 unspecified atom stereocenters. The molecule has 0 aliphatic rings. The van der Waals surface area contributed by atoms with Crippen molar-refractivity contribution < 1.29 is 5.11 Å². The predicted molar refractivity (Wildman–Crippen MR) is 95.4 cm³/mol. The van der Waals surface area contributed by atoms with E-state index in [-0.39, 0.29) is 5.75 Å². The maximum atomic E-state index is 10.5. The van der Waals surface area contributed by atoms with Crippen molar-refractivity contribution in [2.75, 3.05) is 0 Å². The molecule has 1 heterocycles. The number of rotatable bonds is 2. The molecule has 0 amide bonds. The summed E-state index contributed by atoms with van der Waals surface area (Å²) >= 11 is 0. The van der Waals surface area contributed by atoms with E-state index in [2.05, 4.69) is 22.3 Å². The molecule has 0 atom stereocenters. The van der Waals surface area contributed by atoms with Gasteiger partial charge in [0.2, 0.25) is 0 Å². The molecule has 0 radical (unpaired) electrons. The summed E-state index contributed by atoms with van der Waals surface area (Å²) in [6, 6.07) is 19.6. The molecule has 0 saturated heterocycles. The Balaban J connectivity index is 1.99. The van der Waals surface area contributed by atoms with Gasteiger partial charge in [-0.2, -0.15) is 0 Å². The zero-order valence-corrected chi connectivity index (χ0v) is 13.6. The van der Waals surface area contributed by atoms with Gasteiger partial charge in [0.1, 0.15) is 22.5 Å². The van der Waals surface area contributed by atoms with Gasteiger partial charge >= 0.3 is 0 Å². The van der Waals surface area contributed by atoms with Crippen LogP contribution in [0.5, 0.6) is 5.75 Å². The molecule has 0 spiro atoms. The van der Waals surface area contributed by atoms with E-state index in [1.54, 1.807) is 6.07 Å². The summed E-state index contributed by atoms with van der Waals surface area (Å²) in [6.45, 7) is 4.00. The lowest BCUT2D eigenvalue weighted by atomic mass is 9.94. The Morgan fingerprint density at radius 1 is 0.833 bits per heavy atom. The summed E-state index contributed by atoms with van der Waals surface area (Å²) in [7, 11) is 0. The summed E-state index contributed by atoms with van der Waals surface area (Å²) in [5, 5.41) is 19.6. The minimum Gasteiger partial charge on any atom is -0.506 e.